The Bertz CT molecular complexity index is 873. The van der Waals surface area contributed by atoms with Crippen molar-refractivity contribution in [1.29, 1.82) is 0 Å². The normalized spacial score (nSPS) is 19.6. The Morgan fingerprint density at radius 3 is 2.74 bits per heavy atom. The molecule has 27 heavy (non-hydrogen) atoms. The summed E-state index contributed by atoms with van der Waals surface area (Å²) in [7, 11) is 1.79. The van der Waals surface area contributed by atoms with E-state index in [1.807, 2.05) is 0 Å². The summed E-state index contributed by atoms with van der Waals surface area (Å²) in [5.74, 6) is -0.257. The number of ether oxygens (including phenoxy) is 1. The fourth-order valence-electron chi connectivity index (χ4n) is 3.73. The van der Waals surface area contributed by atoms with Crippen LogP contribution in [-0.2, 0) is 16.6 Å². The highest BCUT2D eigenvalue weighted by Gasteiger charge is 2.43. The molecule has 1 aromatic heterocycles. The maximum absolute atomic E-state index is 13.6. The molecule has 1 spiro atoms. The average molecular weight is 372 g/mol. The first-order chi connectivity index (χ1) is 13.0. The second kappa shape index (κ2) is 6.77. The summed E-state index contributed by atoms with van der Waals surface area (Å²) in [4.78, 5) is 32.4. The third-order valence-electron chi connectivity index (χ3n) is 5.34. The predicted octanol–water partition coefficient (Wildman–Crippen LogP) is 1.60. The van der Waals surface area contributed by atoms with Crippen LogP contribution < -0.4 is 4.90 Å². The van der Waals surface area contributed by atoms with E-state index in [0.29, 0.717) is 44.0 Å². The number of benzene rings is 1. The molecule has 2 aromatic rings. The summed E-state index contributed by atoms with van der Waals surface area (Å²) in [5, 5.41) is 0. The van der Waals surface area contributed by atoms with Crippen LogP contribution in [0.4, 0.5) is 10.1 Å². The van der Waals surface area contributed by atoms with E-state index < -0.39 is 5.60 Å². The Labute approximate surface area is 156 Å². The molecule has 142 valence electrons. The number of aryl methyl sites for hydroxylation is 1. The van der Waals surface area contributed by atoms with E-state index in [4.69, 9.17) is 4.74 Å². The monoisotopic (exact) mass is 372 g/mol. The third-order valence-corrected chi connectivity index (χ3v) is 5.34. The lowest BCUT2D eigenvalue weighted by atomic mass is 9.89. The molecular weight excluding hydrogens is 351 g/mol. The summed E-state index contributed by atoms with van der Waals surface area (Å²) < 4.78 is 21.2. The molecule has 3 heterocycles. The number of hydrogen-bond donors (Lipinski definition) is 0. The molecule has 2 amide bonds. The lowest BCUT2D eigenvalue weighted by Gasteiger charge is -2.46. The van der Waals surface area contributed by atoms with Crippen molar-refractivity contribution < 1.29 is 18.7 Å². The first kappa shape index (κ1) is 17.7. The molecule has 4 rings (SSSR count). The summed E-state index contributed by atoms with van der Waals surface area (Å²) in [6.45, 7) is 1.37. The minimum Gasteiger partial charge on any atom is -0.363 e. The second-order valence-corrected chi connectivity index (χ2v) is 7.09. The lowest BCUT2D eigenvalue weighted by molar-refractivity contribution is -0.143. The number of imidazole rings is 1. The van der Waals surface area contributed by atoms with Gasteiger partial charge in [-0.15, -0.1) is 0 Å². The number of morpholine rings is 1. The van der Waals surface area contributed by atoms with E-state index in [-0.39, 0.29) is 24.2 Å². The van der Waals surface area contributed by atoms with Crippen molar-refractivity contribution in [3.63, 3.8) is 0 Å². The number of nitrogens with zero attached hydrogens (tertiary/aromatic N) is 4. The molecule has 8 heteroatoms. The molecule has 0 radical (unpaired) electrons. The van der Waals surface area contributed by atoms with Crippen molar-refractivity contribution in [1.82, 2.24) is 14.5 Å². The molecule has 2 fully saturated rings. The number of anilines is 1. The van der Waals surface area contributed by atoms with Gasteiger partial charge < -0.3 is 19.1 Å². The van der Waals surface area contributed by atoms with Gasteiger partial charge in [-0.2, -0.15) is 0 Å². The summed E-state index contributed by atoms with van der Waals surface area (Å²) in [6.07, 6.45) is 4.57. The van der Waals surface area contributed by atoms with Gasteiger partial charge in [0, 0.05) is 38.2 Å². The van der Waals surface area contributed by atoms with Crippen LogP contribution in [0.25, 0.3) is 0 Å². The average Bonchev–Trinajstić information content (AvgIpc) is 3.10. The van der Waals surface area contributed by atoms with Crippen molar-refractivity contribution in [3.8, 4) is 0 Å². The van der Waals surface area contributed by atoms with Crippen LogP contribution in [-0.4, -0.2) is 58.1 Å². The highest BCUT2D eigenvalue weighted by atomic mass is 19.1. The highest BCUT2D eigenvalue weighted by molar-refractivity contribution is 5.95. The van der Waals surface area contributed by atoms with Crippen LogP contribution >= 0.6 is 0 Å². The first-order valence-corrected chi connectivity index (χ1v) is 8.94. The van der Waals surface area contributed by atoms with Gasteiger partial charge in [-0.25, -0.2) is 9.37 Å². The summed E-state index contributed by atoms with van der Waals surface area (Å²) in [6, 6.07) is 6.02. The molecule has 0 unspecified atom stereocenters. The SMILES string of the molecule is Cn1ccnc1C(=O)N1CCC2(CC1)CN(c1cccc(F)c1)C(=O)CO2. The Morgan fingerprint density at radius 1 is 1.30 bits per heavy atom. The van der Waals surface area contributed by atoms with E-state index >= 15 is 0 Å². The zero-order valence-electron chi connectivity index (χ0n) is 15.1. The van der Waals surface area contributed by atoms with E-state index in [1.165, 1.54) is 12.1 Å². The maximum atomic E-state index is 13.6. The maximum Gasteiger partial charge on any atom is 0.289 e. The van der Waals surface area contributed by atoms with Gasteiger partial charge in [0.15, 0.2) is 5.82 Å². The van der Waals surface area contributed by atoms with Gasteiger partial charge in [0.1, 0.15) is 12.4 Å². The van der Waals surface area contributed by atoms with Crippen LogP contribution in [0.2, 0.25) is 0 Å². The van der Waals surface area contributed by atoms with Gasteiger partial charge in [-0.3, -0.25) is 9.59 Å². The van der Waals surface area contributed by atoms with Gasteiger partial charge >= 0.3 is 0 Å². The minimum absolute atomic E-state index is 0.0379. The van der Waals surface area contributed by atoms with Gasteiger partial charge in [0.05, 0.1) is 12.1 Å². The molecule has 2 saturated heterocycles. The van der Waals surface area contributed by atoms with E-state index in [9.17, 15) is 14.0 Å². The van der Waals surface area contributed by atoms with Crippen LogP contribution in [0, 0.1) is 5.82 Å². The molecule has 7 nitrogen and oxygen atoms in total. The lowest BCUT2D eigenvalue weighted by Crippen LogP contribution is -2.59. The zero-order chi connectivity index (χ0) is 19.0. The largest absolute Gasteiger partial charge is 0.363 e. The molecule has 1 aromatic carbocycles. The summed E-state index contributed by atoms with van der Waals surface area (Å²) in [5.41, 5.74) is 0.0211. The van der Waals surface area contributed by atoms with Crippen molar-refractivity contribution in [3.05, 3.63) is 48.3 Å². The van der Waals surface area contributed by atoms with Gasteiger partial charge in [0.25, 0.3) is 11.8 Å². The standard InChI is InChI=1S/C19H21FN4O3/c1-22-10-7-21-17(22)18(26)23-8-5-19(6-9-23)13-24(16(25)12-27-19)15-4-2-3-14(20)11-15/h2-4,7,10-11H,5-6,8-9,12-13H2,1H3. The minimum atomic E-state index is -0.515. The van der Waals surface area contributed by atoms with Crippen molar-refractivity contribution in [2.45, 2.75) is 18.4 Å². The quantitative estimate of drug-likeness (QED) is 0.803. The van der Waals surface area contributed by atoms with E-state index in [2.05, 4.69) is 4.98 Å². The number of hydrogen-bond acceptors (Lipinski definition) is 4. The van der Waals surface area contributed by atoms with Crippen molar-refractivity contribution in [2.75, 3.05) is 31.1 Å². The number of rotatable bonds is 2. The molecule has 0 aliphatic carbocycles. The van der Waals surface area contributed by atoms with Gasteiger partial charge in [-0.05, 0) is 31.0 Å². The molecule has 0 bridgehead atoms. The fourth-order valence-corrected chi connectivity index (χ4v) is 3.73. The van der Waals surface area contributed by atoms with Crippen LogP contribution in [0.5, 0.6) is 0 Å². The first-order valence-electron chi connectivity index (χ1n) is 8.94. The second-order valence-electron chi connectivity index (χ2n) is 7.09. The number of piperidine rings is 1. The molecule has 2 aliphatic heterocycles. The Hall–Kier alpha value is -2.74. The topological polar surface area (TPSA) is 67.7 Å². The molecular formula is C19H21FN4O3. The van der Waals surface area contributed by atoms with Crippen molar-refractivity contribution in [2.24, 2.45) is 7.05 Å². The summed E-state index contributed by atoms with van der Waals surface area (Å²) >= 11 is 0. The highest BCUT2D eigenvalue weighted by Crippen LogP contribution is 2.33. The number of aromatic nitrogens is 2. The number of amides is 2. The van der Waals surface area contributed by atoms with Crippen LogP contribution in [0.15, 0.2) is 36.7 Å². The Balaban J connectivity index is 1.47. The van der Waals surface area contributed by atoms with Crippen molar-refractivity contribution >= 4 is 17.5 Å². The van der Waals surface area contributed by atoms with Gasteiger partial charge in [0.2, 0.25) is 0 Å². The Kier molecular flexibility index (Phi) is 4.43. The number of carbonyl (C=O) groups excluding carboxylic acids is 2. The molecule has 2 aliphatic rings. The molecule has 0 saturated carbocycles. The number of likely N-dealkylation sites (tertiary alicyclic amines) is 1. The van der Waals surface area contributed by atoms with Crippen LogP contribution in [0.1, 0.15) is 23.5 Å². The molecule has 0 N–H and O–H groups in total. The van der Waals surface area contributed by atoms with E-state index in [0.717, 1.165) is 0 Å². The predicted molar refractivity (Wildman–Crippen MR) is 95.8 cm³/mol. The van der Waals surface area contributed by atoms with E-state index in [1.54, 1.807) is 45.9 Å². The van der Waals surface area contributed by atoms with Gasteiger partial charge in [-0.1, -0.05) is 6.07 Å². The third kappa shape index (κ3) is 3.32. The number of halogens is 1. The smallest absolute Gasteiger partial charge is 0.289 e. The fraction of sp³-hybridized carbons (Fsp3) is 0.421. The number of carbonyl (C=O) groups is 2. The molecule has 0 atom stereocenters. The van der Waals surface area contributed by atoms with Crippen LogP contribution in [0.3, 0.4) is 0 Å². The zero-order valence-corrected chi connectivity index (χ0v) is 15.1. The Morgan fingerprint density at radius 2 is 2.07 bits per heavy atom.